The third-order valence-electron chi connectivity index (χ3n) is 7.18. The molecule has 6 rings (SSSR count). The molecule has 46 heavy (non-hydrogen) atoms. The standard InChI is InChI=1S/C35H24BrClI2N2O4S/c1-2-44-34(43)29-30(21-6-4-3-5-7-21)40-35-41(31(29)22-10-14-25(37)15-11-22)33(42)28(46-35)17-23-16-26(38)18-27(39)32(23)45-19-20-8-12-24(36)13-9-20/h3-18,31H,2,19H2,1H3/b28-17-/t31-/m0/s1. The highest BCUT2D eigenvalue weighted by atomic mass is 127. The number of fused-ring (bicyclic) bond motifs is 1. The Morgan fingerprint density at radius 3 is 2.46 bits per heavy atom. The molecule has 2 heterocycles. The van der Waals surface area contributed by atoms with Crippen molar-refractivity contribution >= 4 is 102 Å². The quantitative estimate of drug-likeness (QED) is 0.117. The number of hydrogen-bond donors (Lipinski definition) is 0. The number of rotatable bonds is 8. The van der Waals surface area contributed by atoms with Crippen molar-refractivity contribution in [3.63, 3.8) is 0 Å². The Balaban J connectivity index is 1.55. The van der Waals surface area contributed by atoms with E-state index in [4.69, 9.17) is 26.1 Å². The summed E-state index contributed by atoms with van der Waals surface area (Å²) in [5.41, 5.74) is 3.74. The maximum atomic E-state index is 14.4. The molecule has 6 nitrogen and oxygen atoms in total. The maximum Gasteiger partial charge on any atom is 0.338 e. The molecule has 0 saturated heterocycles. The number of nitrogens with zero attached hydrogens (tertiary/aromatic N) is 2. The molecule has 0 spiro atoms. The molecule has 0 amide bonds. The second-order valence-corrected chi connectivity index (χ2v) is 15.0. The lowest BCUT2D eigenvalue weighted by Crippen LogP contribution is -2.40. The van der Waals surface area contributed by atoms with Crippen molar-refractivity contribution in [2.45, 2.75) is 19.6 Å². The minimum absolute atomic E-state index is 0.177. The van der Waals surface area contributed by atoms with Crippen LogP contribution in [0.4, 0.5) is 0 Å². The second-order valence-electron chi connectivity index (χ2n) is 10.2. The van der Waals surface area contributed by atoms with E-state index in [0.29, 0.717) is 38.0 Å². The lowest BCUT2D eigenvalue weighted by molar-refractivity contribution is -0.138. The number of ether oxygens (including phenoxy) is 2. The van der Waals surface area contributed by atoms with Crippen LogP contribution in [0.15, 0.2) is 111 Å². The van der Waals surface area contributed by atoms with E-state index in [1.165, 1.54) is 11.3 Å². The van der Waals surface area contributed by atoms with Gasteiger partial charge in [0.25, 0.3) is 5.56 Å². The third kappa shape index (κ3) is 7.05. The van der Waals surface area contributed by atoms with Crippen LogP contribution in [0.25, 0.3) is 11.8 Å². The van der Waals surface area contributed by atoms with Crippen LogP contribution in [0.2, 0.25) is 5.02 Å². The van der Waals surface area contributed by atoms with Crippen molar-refractivity contribution in [3.05, 3.63) is 155 Å². The number of carbonyl (C=O) groups is 1. The van der Waals surface area contributed by atoms with E-state index >= 15 is 0 Å². The SMILES string of the molecule is CCOC(=O)C1=C(c2ccccc2)N=c2s/c(=C\c3cc(I)cc(I)c3OCc3ccc(Br)cc3)c(=O)n2[C@H]1c1ccc(Cl)cc1. The molecule has 0 saturated carbocycles. The fourth-order valence-corrected chi connectivity index (χ4v) is 8.55. The minimum Gasteiger partial charge on any atom is -0.487 e. The van der Waals surface area contributed by atoms with E-state index in [1.54, 1.807) is 23.6 Å². The average molecular weight is 938 g/mol. The molecule has 0 unspecified atom stereocenters. The van der Waals surface area contributed by atoms with Crippen LogP contribution in [0.3, 0.4) is 0 Å². The highest BCUT2D eigenvalue weighted by molar-refractivity contribution is 14.1. The first-order chi connectivity index (χ1) is 22.2. The Morgan fingerprint density at radius 1 is 1.04 bits per heavy atom. The molecule has 0 fully saturated rings. The Bertz CT molecular complexity index is 2150. The van der Waals surface area contributed by atoms with Crippen molar-refractivity contribution in [1.29, 1.82) is 0 Å². The number of esters is 1. The third-order valence-corrected chi connectivity index (χ3v) is 10.4. The average Bonchev–Trinajstić information content (AvgIpc) is 3.35. The van der Waals surface area contributed by atoms with Crippen LogP contribution in [0.1, 0.15) is 35.2 Å². The normalized spacial score (nSPS) is 14.5. The molecule has 11 heteroatoms. The monoisotopic (exact) mass is 936 g/mol. The van der Waals surface area contributed by atoms with Crippen molar-refractivity contribution in [2.75, 3.05) is 6.61 Å². The van der Waals surface area contributed by atoms with Crippen molar-refractivity contribution < 1.29 is 14.3 Å². The number of carbonyl (C=O) groups excluding carboxylic acids is 1. The lowest BCUT2D eigenvalue weighted by atomic mass is 9.93. The zero-order valence-corrected chi connectivity index (χ0v) is 31.7. The van der Waals surface area contributed by atoms with E-state index in [-0.39, 0.29) is 17.7 Å². The molecule has 0 N–H and O–H groups in total. The van der Waals surface area contributed by atoms with Gasteiger partial charge in [0.05, 0.1) is 32.0 Å². The van der Waals surface area contributed by atoms with Crippen LogP contribution >= 0.6 is 84.0 Å². The molecule has 0 bridgehead atoms. The first kappa shape index (κ1) is 33.1. The van der Waals surface area contributed by atoms with E-state index in [2.05, 4.69) is 61.1 Å². The van der Waals surface area contributed by atoms with Gasteiger partial charge in [0.1, 0.15) is 12.4 Å². The molecular formula is C35H24BrClI2N2O4S. The van der Waals surface area contributed by atoms with E-state index in [9.17, 15) is 9.59 Å². The van der Waals surface area contributed by atoms with E-state index < -0.39 is 12.0 Å². The van der Waals surface area contributed by atoms with Crippen LogP contribution in [-0.2, 0) is 16.1 Å². The van der Waals surface area contributed by atoms with Crippen LogP contribution in [0.5, 0.6) is 5.75 Å². The molecule has 1 atom stereocenters. The summed E-state index contributed by atoms with van der Waals surface area (Å²) < 4.78 is 16.9. The smallest absolute Gasteiger partial charge is 0.338 e. The molecule has 1 aromatic heterocycles. The fraction of sp³-hybridized carbons (Fsp3) is 0.114. The van der Waals surface area contributed by atoms with Gasteiger partial charge in [0, 0.05) is 24.2 Å². The van der Waals surface area contributed by atoms with Gasteiger partial charge in [-0.2, -0.15) is 0 Å². The summed E-state index contributed by atoms with van der Waals surface area (Å²) in [6, 6.07) is 27.8. The first-order valence-electron chi connectivity index (χ1n) is 14.1. The summed E-state index contributed by atoms with van der Waals surface area (Å²) in [6.07, 6.45) is 1.85. The van der Waals surface area contributed by atoms with E-state index in [0.717, 1.165) is 28.3 Å². The van der Waals surface area contributed by atoms with Crippen LogP contribution < -0.4 is 19.6 Å². The van der Waals surface area contributed by atoms with Gasteiger partial charge in [-0.05, 0) is 106 Å². The second kappa shape index (κ2) is 14.5. The van der Waals surface area contributed by atoms with Gasteiger partial charge in [0.2, 0.25) is 0 Å². The van der Waals surface area contributed by atoms with Crippen molar-refractivity contribution in [1.82, 2.24) is 4.57 Å². The zero-order valence-electron chi connectivity index (χ0n) is 24.2. The Labute approximate surface area is 309 Å². The Morgan fingerprint density at radius 2 is 1.76 bits per heavy atom. The molecule has 4 aromatic carbocycles. The number of benzene rings is 4. The summed E-state index contributed by atoms with van der Waals surface area (Å²) in [6.45, 7) is 2.30. The molecule has 1 aliphatic rings. The molecule has 0 radical (unpaired) electrons. The molecule has 232 valence electrons. The molecular weight excluding hydrogens is 914 g/mol. The van der Waals surface area contributed by atoms with Crippen molar-refractivity contribution in [3.8, 4) is 5.75 Å². The molecule has 1 aliphatic heterocycles. The zero-order chi connectivity index (χ0) is 32.4. The fourth-order valence-electron chi connectivity index (χ4n) is 5.12. The predicted molar refractivity (Wildman–Crippen MR) is 203 cm³/mol. The summed E-state index contributed by atoms with van der Waals surface area (Å²) in [4.78, 5) is 33.4. The van der Waals surface area contributed by atoms with E-state index in [1.807, 2.05) is 84.9 Å². The largest absolute Gasteiger partial charge is 0.487 e. The summed E-state index contributed by atoms with van der Waals surface area (Å²) in [5, 5.41) is 0.546. The Kier molecular flexibility index (Phi) is 10.5. The van der Waals surface area contributed by atoms with Crippen LogP contribution in [-0.4, -0.2) is 17.1 Å². The maximum absolute atomic E-state index is 14.4. The Hall–Kier alpha value is -2.78. The van der Waals surface area contributed by atoms with Crippen LogP contribution in [0, 0.1) is 7.14 Å². The summed E-state index contributed by atoms with van der Waals surface area (Å²) in [5.74, 6) is 0.149. The number of thiazole rings is 1. The first-order valence-corrected chi connectivity index (χ1v) is 18.3. The van der Waals surface area contributed by atoms with Gasteiger partial charge in [0.15, 0.2) is 4.80 Å². The lowest BCUT2D eigenvalue weighted by Gasteiger charge is -2.26. The minimum atomic E-state index is -0.783. The van der Waals surface area contributed by atoms with Gasteiger partial charge in [-0.25, -0.2) is 9.79 Å². The molecule has 5 aromatic rings. The topological polar surface area (TPSA) is 69.9 Å². The van der Waals surface area contributed by atoms with Gasteiger partial charge < -0.3 is 9.47 Å². The van der Waals surface area contributed by atoms with Gasteiger partial charge >= 0.3 is 5.97 Å². The summed E-state index contributed by atoms with van der Waals surface area (Å²) in [7, 11) is 0. The number of halogens is 4. The van der Waals surface area contributed by atoms with Gasteiger partial charge in [-0.3, -0.25) is 9.36 Å². The highest BCUT2D eigenvalue weighted by Gasteiger charge is 2.35. The molecule has 0 aliphatic carbocycles. The number of hydrogen-bond acceptors (Lipinski definition) is 6. The summed E-state index contributed by atoms with van der Waals surface area (Å²) >= 11 is 15.5. The number of aromatic nitrogens is 1. The predicted octanol–water partition coefficient (Wildman–Crippen LogP) is 8.14. The van der Waals surface area contributed by atoms with Gasteiger partial charge in [-0.1, -0.05) is 93.5 Å². The highest BCUT2D eigenvalue weighted by Crippen LogP contribution is 2.36. The van der Waals surface area contributed by atoms with Crippen molar-refractivity contribution in [2.24, 2.45) is 4.99 Å². The van der Waals surface area contributed by atoms with Gasteiger partial charge in [-0.15, -0.1) is 0 Å².